The summed E-state index contributed by atoms with van der Waals surface area (Å²) in [4.78, 5) is 30.1. The molecule has 2 N–H and O–H groups in total. The molecule has 3 amide bonds. The van der Waals surface area contributed by atoms with Crippen LogP contribution in [-0.4, -0.2) is 47.0 Å². The number of nitrogens with one attached hydrogen (secondary N) is 2. The lowest BCUT2D eigenvalue weighted by molar-refractivity contribution is -0.131. The second-order valence-electron chi connectivity index (χ2n) is 5.32. The van der Waals surface area contributed by atoms with E-state index in [-0.39, 0.29) is 11.9 Å². The number of piperidine rings is 1. The van der Waals surface area contributed by atoms with Crippen molar-refractivity contribution in [3.05, 3.63) is 30.1 Å². The zero-order chi connectivity index (χ0) is 14.0. The smallest absolute Gasteiger partial charge is 0.322 e. The lowest BCUT2D eigenvalue weighted by Gasteiger charge is -2.31. The summed E-state index contributed by atoms with van der Waals surface area (Å²) in [5.74, 6) is -0.106. The van der Waals surface area contributed by atoms with Gasteiger partial charge in [0.2, 0.25) is 0 Å². The molecular formula is C14H18N4O2. The fourth-order valence-corrected chi connectivity index (χ4v) is 2.85. The maximum absolute atomic E-state index is 12.5. The van der Waals surface area contributed by atoms with E-state index in [2.05, 4.69) is 15.6 Å². The number of rotatable bonds is 3. The molecule has 2 fully saturated rings. The standard InChI is InChI=1S/C14H18N4O2/c19-12-14(6-3-7-15-10-14)17-13(20)18(12)9-5-11-4-1-2-8-16-11/h1-2,4,8,15H,3,5-7,9-10H2,(H,17,20). The van der Waals surface area contributed by atoms with E-state index in [4.69, 9.17) is 0 Å². The van der Waals surface area contributed by atoms with Crippen molar-refractivity contribution in [1.29, 1.82) is 0 Å². The number of hydrogen-bond donors (Lipinski definition) is 2. The van der Waals surface area contributed by atoms with Gasteiger partial charge in [-0.15, -0.1) is 0 Å². The Bertz CT molecular complexity index is 511. The van der Waals surface area contributed by atoms with Crippen LogP contribution >= 0.6 is 0 Å². The lowest BCUT2D eigenvalue weighted by atomic mass is 9.90. The van der Waals surface area contributed by atoms with Crippen molar-refractivity contribution >= 4 is 11.9 Å². The number of carbonyl (C=O) groups excluding carboxylic acids is 2. The topological polar surface area (TPSA) is 74.3 Å². The number of aromatic nitrogens is 1. The van der Waals surface area contributed by atoms with Crippen LogP contribution in [0.4, 0.5) is 4.79 Å². The van der Waals surface area contributed by atoms with Gasteiger partial charge < -0.3 is 10.6 Å². The van der Waals surface area contributed by atoms with Gasteiger partial charge in [0.1, 0.15) is 5.54 Å². The van der Waals surface area contributed by atoms with Crippen LogP contribution in [-0.2, 0) is 11.2 Å². The maximum atomic E-state index is 12.5. The van der Waals surface area contributed by atoms with Crippen molar-refractivity contribution in [3.8, 4) is 0 Å². The van der Waals surface area contributed by atoms with Crippen LogP contribution < -0.4 is 10.6 Å². The molecule has 0 radical (unpaired) electrons. The van der Waals surface area contributed by atoms with E-state index in [0.717, 1.165) is 18.7 Å². The predicted octanol–water partition coefficient (Wildman–Crippen LogP) is 0.298. The van der Waals surface area contributed by atoms with Gasteiger partial charge in [0.05, 0.1) is 0 Å². The van der Waals surface area contributed by atoms with E-state index in [9.17, 15) is 9.59 Å². The van der Waals surface area contributed by atoms with E-state index in [1.54, 1.807) is 6.20 Å². The van der Waals surface area contributed by atoms with Gasteiger partial charge in [-0.2, -0.15) is 0 Å². The molecule has 1 aromatic rings. The van der Waals surface area contributed by atoms with Crippen LogP contribution in [0.5, 0.6) is 0 Å². The highest BCUT2D eigenvalue weighted by atomic mass is 16.2. The van der Waals surface area contributed by atoms with Crippen molar-refractivity contribution in [2.24, 2.45) is 0 Å². The molecule has 3 heterocycles. The Morgan fingerprint density at radius 1 is 1.35 bits per heavy atom. The normalized spacial score (nSPS) is 26.1. The molecule has 0 aromatic carbocycles. The number of hydrogen-bond acceptors (Lipinski definition) is 4. The Hall–Kier alpha value is -1.95. The molecule has 1 atom stereocenters. The average Bonchev–Trinajstić information content (AvgIpc) is 2.70. The molecule has 2 aliphatic rings. The summed E-state index contributed by atoms with van der Waals surface area (Å²) in [6, 6.07) is 5.37. The van der Waals surface area contributed by atoms with E-state index < -0.39 is 5.54 Å². The first-order valence-electron chi connectivity index (χ1n) is 6.96. The van der Waals surface area contributed by atoms with E-state index in [1.807, 2.05) is 18.2 Å². The monoisotopic (exact) mass is 274 g/mol. The number of urea groups is 1. The summed E-state index contributed by atoms with van der Waals surface area (Å²) in [6.45, 7) is 1.81. The third-order valence-corrected chi connectivity index (χ3v) is 3.95. The van der Waals surface area contributed by atoms with Gasteiger partial charge in [-0.1, -0.05) is 6.07 Å². The van der Waals surface area contributed by atoms with Crippen LogP contribution in [0.15, 0.2) is 24.4 Å². The Morgan fingerprint density at radius 3 is 2.95 bits per heavy atom. The summed E-state index contributed by atoms with van der Waals surface area (Å²) in [7, 11) is 0. The highest BCUT2D eigenvalue weighted by Gasteiger charge is 2.51. The molecule has 3 rings (SSSR count). The minimum absolute atomic E-state index is 0.106. The Labute approximate surface area is 117 Å². The maximum Gasteiger partial charge on any atom is 0.325 e. The highest BCUT2D eigenvalue weighted by Crippen LogP contribution is 2.25. The van der Waals surface area contributed by atoms with Crippen molar-refractivity contribution in [3.63, 3.8) is 0 Å². The molecule has 2 saturated heterocycles. The summed E-state index contributed by atoms with van der Waals surface area (Å²) in [6.07, 6.45) is 3.92. The molecule has 1 unspecified atom stereocenters. The summed E-state index contributed by atoms with van der Waals surface area (Å²) >= 11 is 0. The molecule has 2 aliphatic heterocycles. The fourth-order valence-electron chi connectivity index (χ4n) is 2.85. The van der Waals surface area contributed by atoms with Crippen molar-refractivity contribution in [1.82, 2.24) is 20.5 Å². The number of carbonyl (C=O) groups is 2. The van der Waals surface area contributed by atoms with Crippen molar-refractivity contribution in [2.45, 2.75) is 24.8 Å². The fraction of sp³-hybridized carbons (Fsp3) is 0.500. The summed E-state index contributed by atoms with van der Waals surface area (Å²) in [5, 5.41) is 6.05. The first kappa shape index (κ1) is 13.1. The zero-order valence-electron chi connectivity index (χ0n) is 11.3. The van der Waals surface area contributed by atoms with Gasteiger partial charge >= 0.3 is 6.03 Å². The molecule has 6 nitrogen and oxygen atoms in total. The summed E-state index contributed by atoms with van der Waals surface area (Å²) in [5.41, 5.74) is 0.162. The lowest BCUT2D eigenvalue weighted by Crippen LogP contribution is -2.57. The van der Waals surface area contributed by atoms with Crippen LogP contribution in [0.25, 0.3) is 0 Å². The quantitative estimate of drug-likeness (QED) is 0.777. The zero-order valence-corrected chi connectivity index (χ0v) is 11.3. The van der Waals surface area contributed by atoms with Crippen LogP contribution in [0.3, 0.4) is 0 Å². The van der Waals surface area contributed by atoms with E-state index >= 15 is 0 Å². The first-order valence-corrected chi connectivity index (χ1v) is 6.96. The Morgan fingerprint density at radius 2 is 2.25 bits per heavy atom. The van der Waals surface area contributed by atoms with Gasteiger partial charge in [0.25, 0.3) is 5.91 Å². The molecule has 106 valence electrons. The van der Waals surface area contributed by atoms with Crippen LogP contribution in [0, 0.1) is 0 Å². The van der Waals surface area contributed by atoms with Gasteiger partial charge in [-0.05, 0) is 31.5 Å². The molecule has 6 heteroatoms. The minimum atomic E-state index is -0.723. The van der Waals surface area contributed by atoms with Gasteiger partial charge in [-0.3, -0.25) is 14.7 Å². The molecule has 20 heavy (non-hydrogen) atoms. The number of nitrogens with zero attached hydrogens (tertiary/aromatic N) is 2. The van der Waals surface area contributed by atoms with Crippen LogP contribution in [0.2, 0.25) is 0 Å². The van der Waals surface area contributed by atoms with Gasteiger partial charge in [0.15, 0.2) is 0 Å². The predicted molar refractivity (Wildman–Crippen MR) is 73.0 cm³/mol. The Balaban J connectivity index is 1.68. The van der Waals surface area contributed by atoms with Gasteiger partial charge in [-0.25, -0.2) is 4.79 Å². The minimum Gasteiger partial charge on any atom is -0.322 e. The number of amides is 3. The van der Waals surface area contributed by atoms with Crippen molar-refractivity contribution < 1.29 is 9.59 Å². The number of imide groups is 1. The molecule has 0 bridgehead atoms. The number of pyridine rings is 1. The second kappa shape index (κ2) is 5.20. The van der Waals surface area contributed by atoms with Crippen LogP contribution in [0.1, 0.15) is 18.5 Å². The Kier molecular flexibility index (Phi) is 3.40. The summed E-state index contributed by atoms with van der Waals surface area (Å²) < 4.78 is 0. The molecule has 1 aromatic heterocycles. The molecule has 1 spiro atoms. The molecular weight excluding hydrogens is 256 g/mol. The SMILES string of the molecule is O=C1NC2(CCCNC2)C(=O)N1CCc1ccccn1. The van der Waals surface area contributed by atoms with Crippen molar-refractivity contribution in [2.75, 3.05) is 19.6 Å². The third-order valence-electron chi connectivity index (χ3n) is 3.95. The highest BCUT2D eigenvalue weighted by molar-refractivity contribution is 6.07. The molecule has 0 aliphatic carbocycles. The van der Waals surface area contributed by atoms with E-state index in [1.165, 1.54) is 4.90 Å². The van der Waals surface area contributed by atoms with E-state index in [0.29, 0.717) is 25.9 Å². The third kappa shape index (κ3) is 2.27. The molecule has 0 saturated carbocycles. The first-order chi connectivity index (χ1) is 9.71. The largest absolute Gasteiger partial charge is 0.325 e. The second-order valence-corrected chi connectivity index (χ2v) is 5.32. The van der Waals surface area contributed by atoms with Gasteiger partial charge in [0, 0.05) is 31.4 Å². The average molecular weight is 274 g/mol.